The van der Waals surface area contributed by atoms with Gasteiger partial charge in [-0.25, -0.2) is 4.79 Å². The van der Waals surface area contributed by atoms with Gasteiger partial charge in [-0.15, -0.1) is 0 Å². The molecule has 0 bridgehead atoms. The Morgan fingerprint density at radius 2 is 1.65 bits per heavy atom. The predicted molar refractivity (Wildman–Crippen MR) is 117 cm³/mol. The molecule has 2 aromatic carbocycles. The number of aliphatic hydroxyl groups excluding tert-OH is 1. The zero-order chi connectivity index (χ0) is 23.0. The minimum absolute atomic E-state index is 0.0706. The molecule has 0 heterocycles. The molecule has 8 heteroatoms. The van der Waals surface area contributed by atoms with Gasteiger partial charge in [0.15, 0.2) is 6.61 Å². The molecule has 1 atom stereocenters. The number of rotatable bonds is 9. The van der Waals surface area contributed by atoms with Crippen LogP contribution in [-0.2, 0) is 16.0 Å². The van der Waals surface area contributed by atoms with Crippen LogP contribution in [0.3, 0.4) is 0 Å². The summed E-state index contributed by atoms with van der Waals surface area (Å²) < 4.78 is 10.6. The van der Waals surface area contributed by atoms with Crippen molar-refractivity contribution in [3.05, 3.63) is 65.2 Å². The normalized spacial score (nSPS) is 12.0. The van der Waals surface area contributed by atoms with Crippen molar-refractivity contribution >= 4 is 17.7 Å². The van der Waals surface area contributed by atoms with E-state index in [-0.39, 0.29) is 25.0 Å². The van der Waals surface area contributed by atoms with Crippen molar-refractivity contribution in [1.29, 1.82) is 5.41 Å². The second-order valence-corrected chi connectivity index (χ2v) is 8.07. The summed E-state index contributed by atoms with van der Waals surface area (Å²) in [4.78, 5) is 24.1. The summed E-state index contributed by atoms with van der Waals surface area (Å²) in [6.07, 6.45) is 0.417. The second kappa shape index (κ2) is 10.6. The Morgan fingerprint density at radius 1 is 1.06 bits per heavy atom. The molecule has 0 saturated carbocycles. The number of hydrogen-bond acceptors (Lipinski definition) is 6. The SMILES string of the molecule is CC(C)(C)OC(=O)COc1ccc(C[C@H](CO)NC(=O)c2ccc(C(=N)N)cc2)cc1. The molecule has 0 spiro atoms. The summed E-state index contributed by atoms with van der Waals surface area (Å²) in [6, 6.07) is 12.9. The van der Waals surface area contributed by atoms with Gasteiger partial charge in [-0.1, -0.05) is 24.3 Å². The number of nitrogen functional groups attached to an aromatic ring is 1. The molecule has 31 heavy (non-hydrogen) atoms. The topological polar surface area (TPSA) is 135 Å². The van der Waals surface area contributed by atoms with Crippen molar-refractivity contribution in [2.45, 2.75) is 38.8 Å². The summed E-state index contributed by atoms with van der Waals surface area (Å²) in [6.45, 7) is 4.95. The van der Waals surface area contributed by atoms with Crippen LogP contribution in [0.4, 0.5) is 0 Å². The van der Waals surface area contributed by atoms with E-state index >= 15 is 0 Å². The lowest BCUT2D eigenvalue weighted by Crippen LogP contribution is -2.39. The van der Waals surface area contributed by atoms with Crippen LogP contribution in [0.5, 0.6) is 5.75 Å². The minimum Gasteiger partial charge on any atom is -0.482 e. The Kier molecular flexibility index (Phi) is 8.15. The molecule has 2 rings (SSSR count). The maximum atomic E-state index is 12.4. The van der Waals surface area contributed by atoms with Crippen molar-refractivity contribution in [2.24, 2.45) is 5.73 Å². The molecule has 0 aliphatic rings. The first-order valence-corrected chi connectivity index (χ1v) is 9.87. The molecular weight excluding hydrogens is 398 g/mol. The number of carbonyl (C=O) groups is 2. The van der Waals surface area contributed by atoms with E-state index in [0.29, 0.717) is 23.3 Å². The number of amidine groups is 1. The maximum Gasteiger partial charge on any atom is 0.344 e. The molecule has 0 unspecified atom stereocenters. The van der Waals surface area contributed by atoms with Gasteiger partial charge < -0.3 is 25.6 Å². The third kappa shape index (κ3) is 8.10. The van der Waals surface area contributed by atoms with Crippen LogP contribution in [0.2, 0.25) is 0 Å². The predicted octanol–water partition coefficient (Wildman–Crippen LogP) is 2.02. The van der Waals surface area contributed by atoms with Crippen LogP contribution in [0.15, 0.2) is 48.5 Å². The Labute approximate surface area is 181 Å². The lowest BCUT2D eigenvalue weighted by molar-refractivity contribution is -0.157. The minimum atomic E-state index is -0.566. The van der Waals surface area contributed by atoms with Crippen LogP contribution in [0, 0.1) is 5.41 Å². The molecular formula is C23H29N3O5. The number of benzene rings is 2. The van der Waals surface area contributed by atoms with Gasteiger partial charge in [-0.2, -0.15) is 0 Å². The fourth-order valence-electron chi connectivity index (χ4n) is 2.75. The number of nitrogens with one attached hydrogen (secondary N) is 2. The van der Waals surface area contributed by atoms with Gasteiger partial charge in [0.2, 0.25) is 0 Å². The highest BCUT2D eigenvalue weighted by Crippen LogP contribution is 2.15. The molecule has 0 aromatic heterocycles. The first-order valence-electron chi connectivity index (χ1n) is 9.87. The summed E-state index contributed by atoms with van der Waals surface area (Å²) in [7, 11) is 0. The largest absolute Gasteiger partial charge is 0.482 e. The molecule has 8 nitrogen and oxygen atoms in total. The molecule has 0 fully saturated rings. The Hall–Kier alpha value is -3.39. The Bertz CT molecular complexity index is 902. The van der Waals surface area contributed by atoms with E-state index in [1.165, 1.54) is 0 Å². The summed E-state index contributed by atoms with van der Waals surface area (Å²) in [5.74, 6) is -0.328. The zero-order valence-corrected chi connectivity index (χ0v) is 18.0. The van der Waals surface area contributed by atoms with Crippen molar-refractivity contribution in [2.75, 3.05) is 13.2 Å². The van der Waals surface area contributed by atoms with Crippen LogP contribution in [0.25, 0.3) is 0 Å². The zero-order valence-electron chi connectivity index (χ0n) is 18.0. The van der Waals surface area contributed by atoms with E-state index in [4.69, 9.17) is 20.6 Å². The average molecular weight is 428 g/mol. The van der Waals surface area contributed by atoms with Gasteiger partial charge in [-0.3, -0.25) is 10.2 Å². The van der Waals surface area contributed by atoms with Gasteiger partial charge in [0, 0.05) is 11.1 Å². The van der Waals surface area contributed by atoms with E-state index in [9.17, 15) is 14.7 Å². The first kappa shape index (κ1) is 23.9. The van der Waals surface area contributed by atoms with Crippen LogP contribution < -0.4 is 15.8 Å². The van der Waals surface area contributed by atoms with Crippen molar-refractivity contribution in [3.8, 4) is 5.75 Å². The van der Waals surface area contributed by atoms with E-state index in [0.717, 1.165) is 5.56 Å². The van der Waals surface area contributed by atoms with E-state index in [2.05, 4.69) is 5.32 Å². The third-order valence-electron chi connectivity index (χ3n) is 4.20. The molecule has 0 saturated heterocycles. The Balaban J connectivity index is 1.89. The fourth-order valence-corrected chi connectivity index (χ4v) is 2.75. The summed E-state index contributed by atoms with van der Waals surface area (Å²) in [5.41, 5.74) is 6.68. The lowest BCUT2D eigenvalue weighted by atomic mass is 10.1. The van der Waals surface area contributed by atoms with Crippen molar-refractivity contribution < 1.29 is 24.2 Å². The quantitative estimate of drug-likeness (QED) is 0.275. The second-order valence-electron chi connectivity index (χ2n) is 8.07. The summed E-state index contributed by atoms with van der Waals surface area (Å²) in [5, 5.41) is 19.8. The molecule has 0 aliphatic carbocycles. The van der Waals surface area contributed by atoms with Gasteiger partial charge in [0.1, 0.15) is 17.2 Å². The number of aliphatic hydroxyl groups is 1. The van der Waals surface area contributed by atoms with Crippen molar-refractivity contribution in [1.82, 2.24) is 5.32 Å². The molecule has 166 valence electrons. The van der Waals surface area contributed by atoms with Gasteiger partial charge in [0.05, 0.1) is 12.6 Å². The fraction of sp³-hybridized carbons (Fsp3) is 0.348. The highest BCUT2D eigenvalue weighted by atomic mass is 16.6. The number of hydrogen-bond donors (Lipinski definition) is 4. The van der Waals surface area contributed by atoms with Crippen molar-refractivity contribution in [3.63, 3.8) is 0 Å². The summed E-state index contributed by atoms with van der Waals surface area (Å²) >= 11 is 0. The lowest BCUT2D eigenvalue weighted by Gasteiger charge is -2.19. The van der Waals surface area contributed by atoms with E-state index in [1.807, 2.05) is 0 Å². The van der Waals surface area contributed by atoms with Gasteiger partial charge in [-0.05, 0) is 57.0 Å². The standard InChI is InChI=1S/C23H29N3O5/c1-23(2,3)31-20(28)14-30-19-10-4-15(5-11-19)12-18(13-27)26-22(29)17-8-6-16(7-9-17)21(24)25/h4-11,18,27H,12-14H2,1-3H3,(H3,24,25)(H,26,29)/t18-/m1/s1. The highest BCUT2D eigenvalue weighted by Gasteiger charge is 2.17. The molecule has 0 radical (unpaired) electrons. The maximum absolute atomic E-state index is 12.4. The number of nitrogens with two attached hydrogens (primary N) is 1. The third-order valence-corrected chi connectivity index (χ3v) is 4.20. The number of ether oxygens (including phenoxy) is 2. The average Bonchev–Trinajstić information content (AvgIpc) is 2.71. The number of amides is 1. The Morgan fingerprint density at radius 3 is 2.16 bits per heavy atom. The molecule has 5 N–H and O–H groups in total. The van der Waals surface area contributed by atoms with E-state index < -0.39 is 17.6 Å². The van der Waals surface area contributed by atoms with Gasteiger partial charge >= 0.3 is 5.97 Å². The smallest absolute Gasteiger partial charge is 0.344 e. The van der Waals surface area contributed by atoms with Crippen LogP contribution >= 0.6 is 0 Å². The number of carbonyl (C=O) groups excluding carboxylic acids is 2. The molecule has 0 aliphatic heterocycles. The van der Waals surface area contributed by atoms with E-state index in [1.54, 1.807) is 69.3 Å². The molecule has 1 amide bonds. The number of esters is 1. The highest BCUT2D eigenvalue weighted by molar-refractivity contribution is 5.98. The first-order chi connectivity index (χ1) is 14.6. The molecule has 2 aromatic rings. The van der Waals surface area contributed by atoms with Crippen LogP contribution in [-0.4, -0.2) is 47.7 Å². The van der Waals surface area contributed by atoms with Gasteiger partial charge in [0.25, 0.3) is 5.91 Å². The van der Waals surface area contributed by atoms with Crippen LogP contribution in [0.1, 0.15) is 42.3 Å². The monoisotopic (exact) mass is 427 g/mol.